The summed E-state index contributed by atoms with van der Waals surface area (Å²) in [6, 6.07) is 0.650. The predicted molar refractivity (Wildman–Crippen MR) is 69.2 cm³/mol. The van der Waals surface area contributed by atoms with Crippen LogP contribution in [-0.2, 0) is 9.53 Å². The number of carbonyl (C=O) groups excluding carboxylic acids is 1. The minimum atomic E-state index is -0.204. The molecule has 4 nitrogen and oxygen atoms in total. The number of rotatable bonds is 2. The van der Waals surface area contributed by atoms with Crippen molar-refractivity contribution in [1.29, 1.82) is 0 Å². The van der Waals surface area contributed by atoms with Crippen LogP contribution in [0.2, 0.25) is 0 Å². The van der Waals surface area contributed by atoms with Crippen LogP contribution >= 0.6 is 12.4 Å². The SMILES string of the molecule is Cl.NC1CCC(NC(=O)C2CCCCO2)CC1. The van der Waals surface area contributed by atoms with E-state index in [0.717, 1.165) is 51.6 Å². The Hall–Kier alpha value is -0.320. The molecule has 1 atom stereocenters. The summed E-state index contributed by atoms with van der Waals surface area (Å²) in [4.78, 5) is 11.9. The minimum Gasteiger partial charge on any atom is -0.368 e. The molecule has 3 N–H and O–H groups in total. The highest BCUT2D eigenvalue weighted by atomic mass is 35.5. The Morgan fingerprint density at radius 3 is 2.41 bits per heavy atom. The van der Waals surface area contributed by atoms with E-state index in [1.165, 1.54) is 0 Å². The first-order valence-electron chi connectivity index (χ1n) is 6.43. The summed E-state index contributed by atoms with van der Waals surface area (Å²) in [6.07, 6.45) is 6.93. The van der Waals surface area contributed by atoms with Crippen LogP contribution in [0.1, 0.15) is 44.9 Å². The second-order valence-corrected chi connectivity index (χ2v) is 4.98. The maximum absolute atomic E-state index is 11.9. The van der Waals surface area contributed by atoms with E-state index >= 15 is 0 Å². The van der Waals surface area contributed by atoms with Crippen LogP contribution in [0, 0.1) is 0 Å². The molecule has 1 aliphatic heterocycles. The normalized spacial score (nSPS) is 33.6. The van der Waals surface area contributed by atoms with Gasteiger partial charge in [-0.3, -0.25) is 4.79 Å². The maximum atomic E-state index is 11.9. The fourth-order valence-corrected chi connectivity index (χ4v) is 2.51. The van der Waals surface area contributed by atoms with Crippen LogP contribution in [0.5, 0.6) is 0 Å². The summed E-state index contributed by atoms with van der Waals surface area (Å²) in [5.74, 6) is 0.0835. The summed E-state index contributed by atoms with van der Waals surface area (Å²) in [5, 5.41) is 3.09. The number of halogens is 1. The number of hydrogen-bond acceptors (Lipinski definition) is 3. The zero-order valence-electron chi connectivity index (χ0n) is 10.2. The molecule has 0 aromatic heterocycles. The number of nitrogens with two attached hydrogens (primary N) is 1. The van der Waals surface area contributed by atoms with Gasteiger partial charge in [-0.15, -0.1) is 12.4 Å². The number of carbonyl (C=O) groups is 1. The summed E-state index contributed by atoms with van der Waals surface area (Å²) in [7, 11) is 0. The largest absolute Gasteiger partial charge is 0.368 e. The van der Waals surface area contributed by atoms with E-state index in [1.54, 1.807) is 0 Å². The standard InChI is InChI=1S/C12H22N2O2.ClH/c13-9-4-6-10(7-5-9)14-12(15)11-3-1-2-8-16-11;/h9-11H,1-8,13H2,(H,14,15);1H. The van der Waals surface area contributed by atoms with E-state index in [-0.39, 0.29) is 24.4 Å². The summed E-state index contributed by atoms with van der Waals surface area (Å²) < 4.78 is 5.47. The molecule has 17 heavy (non-hydrogen) atoms. The van der Waals surface area contributed by atoms with Gasteiger partial charge in [-0.25, -0.2) is 0 Å². The van der Waals surface area contributed by atoms with Crippen molar-refractivity contribution in [3.63, 3.8) is 0 Å². The maximum Gasteiger partial charge on any atom is 0.249 e. The zero-order chi connectivity index (χ0) is 11.4. The van der Waals surface area contributed by atoms with Gasteiger partial charge in [0.15, 0.2) is 0 Å². The fraction of sp³-hybridized carbons (Fsp3) is 0.917. The van der Waals surface area contributed by atoms with Crippen molar-refractivity contribution < 1.29 is 9.53 Å². The fourth-order valence-electron chi connectivity index (χ4n) is 2.51. The number of ether oxygens (including phenoxy) is 1. The molecule has 0 aromatic carbocycles. The van der Waals surface area contributed by atoms with E-state index in [2.05, 4.69) is 5.32 Å². The van der Waals surface area contributed by atoms with Gasteiger partial charge in [-0.2, -0.15) is 0 Å². The van der Waals surface area contributed by atoms with Gasteiger partial charge < -0.3 is 15.8 Å². The van der Waals surface area contributed by atoms with E-state index in [0.29, 0.717) is 12.1 Å². The molecule has 0 aromatic rings. The third-order valence-corrected chi connectivity index (χ3v) is 3.59. The van der Waals surface area contributed by atoms with Gasteiger partial charge in [0.1, 0.15) is 6.10 Å². The number of amides is 1. The topological polar surface area (TPSA) is 64.3 Å². The number of nitrogens with one attached hydrogen (secondary N) is 1. The summed E-state index contributed by atoms with van der Waals surface area (Å²) >= 11 is 0. The highest BCUT2D eigenvalue weighted by Crippen LogP contribution is 2.18. The zero-order valence-corrected chi connectivity index (χ0v) is 11.0. The quantitative estimate of drug-likeness (QED) is 0.790. The van der Waals surface area contributed by atoms with Gasteiger partial charge in [-0.1, -0.05) is 0 Å². The lowest BCUT2D eigenvalue weighted by molar-refractivity contribution is -0.136. The van der Waals surface area contributed by atoms with Crippen molar-refractivity contribution >= 4 is 18.3 Å². The van der Waals surface area contributed by atoms with Gasteiger partial charge in [0, 0.05) is 18.7 Å². The van der Waals surface area contributed by atoms with Crippen molar-refractivity contribution in [3.05, 3.63) is 0 Å². The molecular weight excluding hydrogens is 240 g/mol. The Bertz CT molecular complexity index is 237. The molecule has 0 spiro atoms. The first-order valence-corrected chi connectivity index (χ1v) is 6.43. The molecule has 1 saturated heterocycles. The third-order valence-electron chi connectivity index (χ3n) is 3.59. The lowest BCUT2D eigenvalue weighted by Gasteiger charge is -2.29. The molecule has 100 valence electrons. The second-order valence-electron chi connectivity index (χ2n) is 4.98. The predicted octanol–water partition coefficient (Wildman–Crippen LogP) is 1.36. The third kappa shape index (κ3) is 4.45. The Balaban J connectivity index is 0.00000144. The van der Waals surface area contributed by atoms with Crippen molar-refractivity contribution in [2.24, 2.45) is 5.73 Å². The van der Waals surface area contributed by atoms with Crippen LogP contribution in [0.25, 0.3) is 0 Å². The molecule has 2 fully saturated rings. The van der Waals surface area contributed by atoms with E-state index in [4.69, 9.17) is 10.5 Å². The average molecular weight is 263 g/mol. The average Bonchev–Trinajstić information content (AvgIpc) is 2.33. The van der Waals surface area contributed by atoms with Gasteiger partial charge in [-0.05, 0) is 44.9 Å². The molecule has 1 unspecified atom stereocenters. The van der Waals surface area contributed by atoms with Crippen LogP contribution in [-0.4, -0.2) is 30.7 Å². The highest BCUT2D eigenvalue weighted by Gasteiger charge is 2.26. The van der Waals surface area contributed by atoms with Gasteiger partial charge in [0.25, 0.3) is 0 Å². The Morgan fingerprint density at radius 1 is 1.12 bits per heavy atom. The summed E-state index contributed by atoms with van der Waals surface area (Å²) in [6.45, 7) is 0.730. The molecule has 5 heteroatoms. The van der Waals surface area contributed by atoms with Crippen molar-refractivity contribution in [2.45, 2.75) is 63.1 Å². The molecule has 1 aliphatic carbocycles. The smallest absolute Gasteiger partial charge is 0.249 e. The first-order chi connectivity index (χ1) is 7.75. The number of hydrogen-bond donors (Lipinski definition) is 2. The molecule has 1 saturated carbocycles. The minimum absolute atomic E-state index is 0. The van der Waals surface area contributed by atoms with Crippen LogP contribution in [0.3, 0.4) is 0 Å². The van der Waals surface area contributed by atoms with Crippen molar-refractivity contribution in [1.82, 2.24) is 5.32 Å². The molecular formula is C12H23ClN2O2. The lowest BCUT2D eigenvalue weighted by atomic mass is 9.91. The monoisotopic (exact) mass is 262 g/mol. The van der Waals surface area contributed by atoms with Gasteiger partial charge in [0.2, 0.25) is 5.91 Å². The molecule has 2 rings (SSSR count). The Kier molecular flexibility index (Phi) is 6.23. The van der Waals surface area contributed by atoms with E-state index < -0.39 is 0 Å². The van der Waals surface area contributed by atoms with Crippen LogP contribution < -0.4 is 11.1 Å². The first kappa shape index (κ1) is 14.7. The summed E-state index contributed by atoms with van der Waals surface area (Å²) in [5.41, 5.74) is 5.83. The van der Waals surface area contributed by atoms with Crippen molar-refractivity contribution in [3.8, 4) is 0 Å². The van der Waals surface area contributed by atoms with Gasteiger partial charge >= 0.3 is 0 Å². The Morgan fingerprint density at radius 2 is 1.82 bits per heavy atom. The second kappa shape index (κ2) is 7.19. The van der Waals surface area contributed by atoms with E-state index in [9.17, 15) is 4.79 Å². The van der Waals surface area contributed by atoms with E-state index in [1.807, 2.05) is 0 Å². The molecule has 0 radical (unpaired) electrons. The highest BCUT2D eigenvalue weighted by molar-refractivity contribution is 5.85. The van der Waals surface area contributed by atoms with Crippen LogP contribution in [0.4, 0.5) is 0 Å². The molecule has 0 bridgehead atoms. The molecule has 1 amide bonds. The lowest BCUT2D eigenvalue weighted by Crippen LogP contribution is -2.46. The molecule has 1 heterocycles. The Labute approximate surface area is 109 Å². The van der Waals surface area contributed by atoms with Crippen molar-refractivity contribution in [2.75, 3.05) is 6.61 Å². The molecule has 2 aliphatic rings. The van der Waals surface area contributed by atoms with Gasteiger partial charge in [0.05, 0.1) is 0 Å². The van der Waals surface area contributed by atoms with Crippen LogP contribution in [0.15, 0.2) is 0 Å².